The lowest BCUT2D eigenvalue weighted by Gasteiger charge is -2.15. The molecule has 0 aliphatic rings. The molecule has 26 heavy (non-hydrogen) atoms. The van der Waals surface area contributed by atoms with Crippen LogP contribution in [-0.4, -0.2) is 9.97 Å². The van der Waals surface area contributed by atoms with Crippen LogP contribution < -0.4 is 5.32 Å². The van der Waals surface area contributed by atoms with Gasteiger partial charge in [0.15, 0.2) is 0 Å². The number of thiocarbonyl (C=S) groups is 1. The van der Waals surface area contributed by atoms with E-state index in [2.05, 4.69) is 10.3 Å². The molecule has 0 aliphatic carbocycles. The Hall–Kier alpha value is -2.55. The second kappa shape index (κ2) is 6.31. The number of alkyl halides is 6. The summed E-state index contributed by atoms with van der Waals surface area (Å²) in [6, 6.07) is 10.0. The van der Waals surface area contributed by atoms with Crippen molar-refractivity contribution in [3.63, 3.8) is 0 Å². The number of aromatic amines is 1. The Morgan fingerprint density at radius 2 is 1.42 bits per heavy atom. The molecule has 2 N–H and O–H groups in total. The zero-order valence-corrected chi connectivity index (χ0v) is 13.6. The van der Waals surface area contributed by atoms with Gasteiger partial charge in [-0.05, 0) is 30.3 Å². The quantitative estimate of drug-likeness (QED) is 0.417. The van der Waals surface area contributed by atoms with Crippen molar-refractivity contribution < 1.29 is 26.3 Å². The minimum Gasteiger partial charge on any atom is -0.353 e. The minimum absolute atomic E-state index is 0.0198. The van der Waals surface area contributed by atoms with Gasteiger partial charge in [-0.15, -0.1) is 0 Å². The van der Waals surface area contributed by atoms with E-state index in [-0.39, 0.29) is 11.1 Å². The van der Waals surface area contributed by atoms with Gasteiger partial charge in [-0.2, -0.15) is 26.3 Å². The predicted molar refractivity (Wildman–Crippen MR) is 90.1 cm³/mol. The molecule has 2 nitrogen and oxygen atoms in total. The third-order valence-corrected chi connectivity index (χ3v) is 3.94. The third-order valence-electron chi connectivity index (χ3n) is 3.62. The highest BCUT2D eigenvalue weighted by molar-refractivity contribution is 7.81. The lowest BCUT2D eigenvalue weighted by atomic mass is 10.1. The Morgan fingerprint density at radius 1 is 0.846 bits per heavy atom. The summed E-state index contributed by atoms with van der Waals surface area (Å²) in [5, 5.41) is 3.26. The van der Waals surface area contributed by atoms with Crippen LogP contribution >= 0.6 is 12.2 Å². The number of hydrogen-bond acceptors (Lipinski definition) is 1. The molecule has 0 saturated carbocycles. The molecule has 0 saturated heterocycles. The fourth-order valence-corrected chi connectivity index (χ4v) is 2.65. The molecule has 9 heteroatoms. The molecule has 0 aliphatic heterocycles. The van der Waals surface area contributed by atoms with Crippen molar-refractivity contribution in [1.29, 1.82) is 0 Å². The first-order valence-electron chi connectivity index (χ1n) is 7.22. The van der Waals surface area contributed by atoms with Crippen molar-refractivity contribution in [3.05, 3.63) is 65.4 Å². The molecule has 0 fully saturated rings. The largest absolute Gasteiger partial charge is 0.416 e. The molecule has 0 radical (unpaired) electrons. The van der Waals surface area contributed by atoms with Crippen LogP contribution in [0.15, 0.2) is 48.5 Å². The summed E-state index contributed by atoms with van der Waals surface area (Å²) in [6.45, 7) is 0. The first-order valence-corrected chi connectivity index (χ1v) is 7.63. The van der Waals surface area contributed by atoms with Crippen molar-refractivity contribution in [2.45, 2.75) is 12.4 Å². The number of anilines is 1. The summed E-state index contributed by atoms with van der Waals surface area (Å²) in [4.78, 5) is 2.94. The van der Waals surface area contributed by atoms with Crippen LogP contribution in [0, 0.1) is 0 Å². The van der Waals surface area contributed by atoms with Gasteiger partial charge < -0.3 is 10.3 Å². The molecule has 1 heterocycles. The smallest absolute Gasteiger partial charge is 0.353 e. The third kappa shape index (κ3) is 3.82. The highest BCUT2D eigenvalue weighted by Crippen LogP contribution is 2.37. The Kier molecular flexibility index (Phi) is 4.43. The van der Waals surface area contributed by atoms with Gasteiger partial charge in [0.05, 0.1) is 16.8 Å². The molecule has 0 unspecified atom stereocenters. The Bertz CT molecular complexity index is 906. The van der Waals surface area contributed by atoms with Gasteiger partial charge in [0.2, 0.25) is 0 Å². The Labute approximate surface area is 148 Å². The standard InChI is InChI=1S/C17H10F6N2S/c18-16(19,20)10-6-11(17(21,22)23)8-12(7-10)24-15(26)14-5-9-3-1-2-4-13(9)25-14/h1-8,25H,(H,24,26). The second-order valence-corrected chi connectivity index (χ2v) is 5.93. The molecule has 0 amide bonds. The summed E-state index contributed by atoms with van der Waals surface area (Å²) in [7, 11) is 0. The predicted octanol–water partition coefficient (Wildman–Crippen LogP) is 5.99. The van der Waals surface area contributed by atoms with Crippen molar-refractivity contribution in [2.75, 3.05) is 5.32 Å². The lowest BCUT2D eigenvalue weighted by Crippen LogP contribution is -2.15. The maximum atomic E-state index is 12.9. The van der Waals surface area contributed by atoms with Crippen LogP contribution in [0.4, 0.5) is 32.0 Å². The topological polar surface area (TPSA) is 27.8 Å². The molecular weight excluding hydrogens is 378 g/mol. The van der Waals surface area contributed by atoms with Crippen LogP contribution in [0.5, 0.6) is 0 Å². The van der Waals surface area contributed by atoms with Crippen LogP contribution in [-0.2, 0) is 12.4 Å². The zero-order chi connectivity index (χ0) is 19.1. The maximum absolute atomic E-state index is 12.9. The van der Waals surface area contributed by atoms with Gasteiger partial charge in [-0.25, -0.2) is 0 Å². The summed E-state index contributed by atoms with van der Waals surface area (Å²) in [5.74, 6) is 0. The van der Waals surface area contributed by atoms with Crippen LogP contribution in [0.1, 0.15) is 16.8 Å². The normalized spacial score (nSPS) is 12.4. The van der Waals surface area contributed by atoms with E-state index in [0.29, 0.717) is 17.8 Å². The number of H-pyrrole nitrogens is 1. The molecule has 1 aromatic heterocycles. The van der Waals surface area contributed by atoms with Crippen molar-refractivity contribution in [2.24, 2.45) is 0 Å². The van der Waals surface area contributed by atoms with E-state index in [1.165, 1.54) is 0 Å². The van der Waals surface area contributed by atoms with Gasteiger partial charge >= 0.3 is 12.4 Å². The number of halogens is 6. The van der Waals surface area contributed by atoms with Gasteiger partial charge in [-0.1, -0.05) is 30.4 Å². The molecule has 136 valence electrons. The first kappa shape index (κ1) is 18.2. The Balaban J connectivity index is 1.96. The summed E-state index contributed by atoms with van der Waals surface area (Å²) in [6.07, 6.45) is -9.83. The SMILES string of the molecule is FC(F)(F)c1cc(NC(=S)c2cc3ccccc3[nH]2)cc(C(F)(F)F)c1. The minimum atomic E-state index is -4.92. The van der Waals surface area contributed by atoms with E-state index >= 15 is 0 Å². The first-order chi connectivity index (χ1) is 12.0. The van der Waals surface area contributed by atoms with Gasteiger partial charge in [0, 0.05) is 16.6 Å². The number of hydrogen-bond donors (Lipinski definition) is 2. The van der Waals surface area contributed by atoms with E-state index < -0.39 is 29.2 Å². The second-order valence-electron chi connectivity index (χ2n) is 5.52. The molecule has 0 spiro atoms. The van der Waals surface area contributed by atoms with Crippen molar-refractivity contribution >= 4 is 33.8 Å². The molecular formula is C17H10F6N2S. The van der Waals surface area contributed by atoms with Crippen molar-refractivity contribution in [3.8, 4) is 0 Å². The number of benzene rings is 2. The van der Waals surface area contributed by atoms with Crippen LogP contribution in [0.2, 0.25) is 0 Å². The van der Waals surface area contributed by atoms with Gasteiger partial charge in [-0.3, -0.25) is 0 Å². The van der Waals surface area contributed by atoms with E-state index in [1.807, 2.05) is 0 Å². The summed E-state index contributed by atoms with van der Waals surface area (Å²) < 4.78 is 77.4. The lowest BCUT2D eigenvalue weighted by molar-refractivity contribution is -0.143. The molecule has 2 aromatic carbocycles. The summed E-state index contributed by atoms with van der Waals surface area (Å²) in [5.41, 5.74) is -2.09. The highest BCUT2D eigenvalue weighted by atomic mass is 32.1. The van der Waals surface area contributed by atoms with E-state index in [4.69, 9.17) is 12.2 Å². The number of fused-ring (bicyclic) bond motifs is 1. The number of aromatic nitrogens is 1. The van der Waals surface area contributed by atoms with E-state index in [1.54, 1.807) is 30.3 Å². The fourth-order valence-electron chi connectivity index (χ4n) is 2.42. The van der Waals surface area contributed by atoms with Gasteiger partial charge in [0.25, 0.3) is 0 Å². The van der Waals surface area contributed by atoms with Crippen LogP contribution in [0.3, 0.4) is 0 Å². The fraction of sp³-hybridized carbons (Fsp3) is 0.118. The van der Waals surface area contributed by atoms with E-state index in [9.17, 15) is 26.3 Å². The maximum Gasteiger partial charge on any atom is 0.416 e. The Morgan fingerprint density at radius 3 is 1.96 bits per heavy atom. The number of rotatable bonds is 2. The zero-order valence-electron chi connectivity index (χ0n) is 12.8. The number of para-hydroxylation sites is 1. The monoisotopic (exact) mass is 388 g/mol. The molecule has 0 bridgehead atoms. The highest BCUT2D eigenvalue weighted by Gasteiger charge is 2.37. The van der Waals surface area contributed by atoms with E-state index in [0.717, 1.165) is 10.9 Å². The van der Waals surface area contributed by atoms with Crippen LogP contribution in [0.25, 0.3) is 10.9 Å². The average molecular weight is 388 g/mol. The molecule has 3 rings (SSSR count). The molecule has 0 atom stereocenters. The molecule has 3 aromatic rings. The average Bonchev–Trinajstić information content (AvgIpc) is 2.97. The number of nitrogens with one attached hydrogen (secondary N) is 2. The van der Waals surface area contributed by atoms with Crippen molar-refractivity contribution in [1.82, 2.24) is 4.98 Å². The summed E-state index contributed by atoms with van der Waals surface area (Å²) >= 11 is 5.11. The van der Waals surface area contributed by atoms with Gasteiger partial charge in [0.1, 0.15) is 4.99 Å².